The molecule has 0 amide bonds. The van der Waals surface area contributed by atoms with Crippen molar-refractivity contribution in [1.29, 1.82) is 0 Å². The van der Waals surface area contributed by atoms with Crippen molar-refractivity contribution in [2.24, 2.45) is 7.05 Å². The molecule has 0 aliphatic carbocycles. The molecular formula is C15H17N3O. The van der Waals surface area contributed by atoms with Gasteiger partial charge < -0.3 is 9.73 Å². The number of para-hydroxylation sites is 1. The van der Waals surface area contributed by atoms with Gasteiger partial charge in [-0.25, -0.2) is 0 Å². The first kappa shape index (κ1) is 12.0. The number of aryl methyl sites for hydroxylation is 1. The van der Waals surface area contributed by atoms with Crippen LogP contribution in [0.5, 0.6) is 0 Å². The molecule has 0 unspecified atom stereocenters. The third kappa shape index (κ3) is 2.27. The minimum Gasteiger partial charge on any atom is -0.468 e. The lowest BCUT2D eigenvalue weighted by Gasteiger charge is -2.09. The van der Waals surface area contributed by atoms with E-state index in [0.29, 0.717) is 0 Å². The van der Waals surface area contributed by atoms with Crippen LogP contribution in [0.3, 0.4) is 0 Å². The fourth-order valence-electron chi connectivity index (χ4n) is 2.31. The molecule has 2 heterocycles. The first-order valence-corrected chi connectivity index (χ1v) is 6.43. The topological polar surface area (TPSA) is 43.0 Å². The SMILES string of the molecule is C[C@@H](NCc1nn(C)c2ccccc12)c1ccco1. The Hall–Kier alpha value is -2.07. The van der Waals surface area contributed by atoms with Gasteiger partial charge in [0.05, 0.1) is 23.5 Å². The van der Waals surface area contributed by atoms with Crippen LogP contribution in [0.4, 0.5) is 0 Å². The van der Waals surface area contributed by atoms with Crippen molar-refractivity contribution >= 4 is 10.9 Å². The number of nitrogens with one attached hydrogen (secondary N) is 1. The number of nitrogens with zero attached hydrogens (tertiary/aromatic N) is 2. The third-order valence-corrected chi connectivity index (χ3v) is 3.38. The van der Waals surface area contributed by atoms with Crippen molar-refractivity contribution in [1.82, 2.24) is 15.1 Å². The molecule has 3 rings (SSSR count). The maximum absolute atomic E-state index is 5.39. The second-order valence-electron chi connectivity index (χ2n) is 4.71. The standard InChI is InChI=1S/C15H17N3O/c1-11(15-8-5-9-19-15)16-10-13-12-6-3-4-7-14(12)18(2)17-13/h3-9,11,16H,10H2,1-2H3/t11-/m1/s1. The van der Waals surface area contributed by atoms with Gasteiger partial charge in [-0.05, 0) is 25.1 Å². The number of aromatic nitrogens is 2. The van der Waals surface area contributed by atoms with Crippen molar-refractivity contribution in [3.05, 3.63) is 54.1 Å². The first-order chi connectivity index (χ1) is 9.25. The molecule has 3 aromatic rings. The lowest BCUT2D eigenvalue weighted by Crippen LogP contribution is -2.18. The molecular weight excluding hydrogens is 238 g/mol. The fourth-order valence-corrected chi connectivity index (χ4v) is 2.31. The van der Waals surface area contributed by atoms with Crippen molar-refractivity contribution < 1.29 is 4.42 Å². The Bertz CT molecular complexity index is 670. The predicted octanol–water partition coefficient (Wildman–Crippen LogP) is 3.02. The van der Waals surface area contributed by atoms with Crippen LogP contribution in [0.2, 0.25) is 0 Å². The molecule has 4 nitrogen and oxygen atoms in total. The number of fused-ring (bicyclic) bond motifs is 1. The van der Waals surface area contributed by atoms with E-state index in [9.17, 15) is 0 Å². The van der Waals surface area contributed by atoms with Crippen molar-refractivity contribution in [2.45, 2.75) is 19.5 Å². The van der Waals surface area contributed by atoms with Crippen LogP contribution < -0.4 is 5.32 Å². The number of benzene rings is 1. The Balaban J connectivity index is 1.79. The minimum absolute atomic E-state index is 0.177. The van der Waals surface area contributed by atoms with Gasteiger partial charge in [0.1, 0.15) is 5.76 Å². The highest BCUT2D eigenvalue weighted by molar-refractivity contribution is 5.81. The Labute approximate surface area is 112 Å². The summed E-state index contributed by atoms with van der Waals surface area (Å²) in [7, 11) is 1.97. The second kappa shape index (κ2) is 4.90. The van der Waals surface area contributed by atoms with E-state index >= 15 is 0 Å². The van der Waals surface area contributed by atoms with Gasteiger partial charge in [0.15, 0.2) is 0 Å². The van der Waals surface area contributed by atoms with Gasteiger partial charge in [-0.3, -0.25) is 4.68 Å². The molecule has 0 bridgehead atoms. The van der Waals surface area contributed by atoms with Gasteiger partial charge >= 0.3 is 0 Å². The lowest BCUT2D eigenvalue weighted by atomic mass is 10.2. The van der Waals surface area contributed by atoms with Gasteiger partial charge in [-0.2, -0.15) is 5.10 Å². The van der Waals surface area contributed by atoms with E-state index in [1.54, 1.807) is 6.26 Å². The summed E-state index contributed by atoms with van der Waals surface area (Å²) in [4.78, 5) is 0. The number of furan rings is 1. The summed E-state index contributed by atoms with van der Waals surface area (Å²) >= 11 is 0. The Kier molecular flexibility index (Phi) is 3.09. The van der Waals surface area contributed by atoms with E-state index in [4.69, 9.17) is 4.42 Å². The zero-order chi connectivity index (χ0) is 13.2. The predicted molar refractivity (Wildman–Crippen MR) is 74.7 cm³/mol. The average molecular weight is 255 g/mol. The summed E-state index contributed by atoms with van der Waals surface area (Å²) in [5.74, 6) is 0.945. The molecule has 0 saturated carbocycles. The van der Waals surface area contributed by atoms with Crippen LogP contribution in [0.1, 0.15) is 24.4 Å². The maximum Gasteiger partial charge on any atom is 0.120 e. The Morgan fingerprint density at radius 2 is 2.11 bits per heavy atom. The minimum atomic E-state index is 0.177. The average Bonchev–Trinajstić information content (AvgIpc) is 3.06. The van der Waals surface area contributed by atoms with Gasteiger partial charge in [-0.15, -0.1) is 0 Å². The van der Waals surface area contributed by atoms with Gasteiger partial charge in [0.25, 0.3) is 0 Å². The normalized spacial score (nSPS) is 12.9. The highest BCUT2D eigenvalue weighted by Crippen LogP contribution is 2.19. The van der Waals surface area contributed by atoms with Gasteiger partial charge in [-0.1, -0.05) is 18.2 Å². The van der Waals surface area contributed by atoms with Gasteiger partial charge in [0.2, 0.25) is 0 Å². The molecule has 4 heteroatoms. The molecule has 19 heavy (non-hydrogen) atoms. The third-order valence-electron chi connectivity index (χ3n) is 3.38. The Morgan fingerprint density at radius 1 is 1.26 bits per heavy atom. The second-order valence-corrected chi connectivity index (χ2v) is 4.71. The fraction of sp³-hybridized carbons (Fsp3) is 0.267. The van der Waals surface area contributed by atoms with Crippen LogP contribution in [0, 0.1) is 0 Å². The van der Waals surface area contributed by atoms with E-state index in [-0.39, 0.29) is 6.04 Å². The summed E-state index contributed by atoms with van der Waals surface area (Å²) in [6.07, 6.45) is 1.70. The molecule has 0 spiro atoms. The molecule has 0 radical (unpaired) electrons. The highest BCUT2D eigenvalue weighted by Gasteiger charge is 2.11. The van der Waals surface area contributed by atoms with E-state index < -0.39 is 0 Å². The number of hydrogen-bond acceptors (Lipinski definition) is 3. The van der Waals surface area contributed by atoms with Crippen molar-refractivity contribution in [2.75, 3.05) is 0 Å². The summed E-state index contributed by atoms with van der Waals surface area (Å²) in [6.45, 7) is 2.81. The first-order valence-electron chi connectivity index (χ1n) is 6.43. The molecule has 1 atom stereocenters. The lowest BCUT2D eigenvalue weighted by molar-refractivity contribution is 0.428. The van der Waals surface area contributed by atoms with Crippen molar-refractivity contribution in [3.63, 3.8) is 0 Å². The molecule has 0 fully saturated rings. The quantitative estimate of drug-likeness (QED) is 0.779. The van der Waals surface area contributed by atoms with Crippen LogP contribution in [0.15, 0.2) is 47.1 Å². The largest absolute Gasteiger partial charge is 0.468 e. The van der Waals surface area contributed by atoms with E-state index in [1.165, 1.54) is 5.39 Å². The zero-order valence-corrected chi connectivity index (χ0v) is 11.1. The van der Waals surface area contributed by atoms with Gasteiger partial charge in [0, 0.05) is 19.0 Å². The highest BCUT2D eigenvalue weighted by atomic mass is 16.3. The monoisotopic (exact) mass is 255 g/mol. The molecule has 98 valence electrons. The molecule has 2 aromatic heterocycles. The van der Waals surface area contributed by atoms with E-state index in [1.807, 2.05) is 36.0 Å². The Morgan fingerprint density at radius 3 is 2.89 bits per heavy atom. The smallest absolute Gasteiger partial charge is 0.120 e. The number of rotatable bonds is 4. The maximum atomic E-state index is 5.39. The summed E-state index contributed by atoms with van der Waals surface area (Å²) < 4.78 is 7.31. The summed E-state index contributed by atoms with van der Waals surface area (Å²) in [6, 6.07) is 12.3. The number of hydrogen-bond donors (Lipinski definition) is 1. The summed E-state index contributed by atoms with van der Waals surface area (Å²) in [5.41, 5.74) is 2.22. The van der Waals surface area contributed by atoms with Crippen molar-refractivity contribution in [3.8, 4) is 0 Å². The molecule has 0 aliphatic heterocycles. The zero-order valence-electron chi connectivity index (χ0n) is 11.1. The molecule has 0 saturated heterocycles. The van der Waals surface area contributed by atoms with E-state index in [2.05, 4.69) is 29.5 Å². The molecule has 1 N–H and O–H groups in total. The molecule has 0 aliphatic rings. The van der Waals surface area contributed by atoms with E-state index in [0.717, 1.165) is 23.5 Å². The van der Waals surface area contributed by atoms with Crippen LogP contribution in [0.25, 0.3) is 10.9 Å². The summed E-state index contributed by atoms with van der Waals surface area (Å²) in [5, 5.41) is 9.20. The van der Waals surface area contributed by atoms with Crippen LogP contribution in [-0.4, -0.2) is 9.78 Å². The molecule has 1 aromatic carbocycles. The van der Waals surface area contributed by atoms with Crippen LogP contribution >= 0.6 is 0 Å². The van der Waals surface area contributed by atoms with Crippen LogP contribution in [-0.2, 0) is 13.6 Å².